The van der Waals surface area contributed by atoms with E-state index in [-0.39, 0.29) is 6.10 Å². The molecule has 0 aromatic heterocycles. The Kier molecular flexibility index (Phi) is 13.6. The normalized spacial score (nSPS) is 10.8. The topological polar surface area (TPSA) is 102 Å². The summed E-state index contributed by atoms with van der Waals surface area (Å²) >= 11 is 0. The number of unbranched alkanes of at least 4 members (excludes halogenated alkanes) is 3. The summed E-state index contributed by atoms with van der Waals surface area (Å²) in [5.41, 5.74) is 4.03. The fourth-order valence-corrected chi connectivity index (χ4v) is 0.985. The van der Waals surface area contributed by atoms with Gasteiger partial charge in [-0.2, -0.15) is 0 Å². The predicted molar refractivity (Wildman–Crippen MR) is 57.3 cm³/mol. The Bertz CT molecular complexity index is 160. The molecule has 6 nitrogen and oxygen atoms in total. The summed E-state index contributed by atoms with van der Waals surface area (Å²) in [4.78, 5) is 22.9. The van der Waals surface area contributed by atoms with Crippen molar-refractivity contribution in [3.8, 4) is 0 Å². The lowest BCUT2D eigenvalue weighted by Gasteiger charge is -2.05. The number of nitrogens with two attached hydrogens (primary N) is 1. The van der Waals surface area contributed by atoms with Crippen molar-refractivity contribution in [2.24, 2.45) is 11.1 Å². The molecule has 6 heteroatoms. The highest BCUT2D eigenvalue weighted by Crippen LogP contribution is 2.07. The van der Waals surface area contributed by atoms with Crippen LogP contribution in [0.5, 0.6) is 0 Å². The number of nitrogens with zero attached hydrogens (tertiary/aromatic N) is 1. The van der Waals surface area contributed by atoms with Crippen molar-refractivity contribution >= 4 is 6.09 Å². The molecule has 0 spiro atoms. The Morgan fingerprint density at radius 2 is 2.00 bits per heavy atom. The summed E-state index contributed by atoms with van der Waals surface area (Å²) < 4.78 is 0. The van der Waals surface area contributed by atoms with Gasteiger partial charge in [0.1, 0.15) is 6.10 Å². The van der Waals surface area contributed by atoms with Gasteiger partial charge in [0, 0.05) is 0 Å². The molecule has 0 rings (SSSR count). The number of hydrogen-bond donors (Lipinski definition) is 2. The predicted octanol–water partition coefficient (Wildman–Crippen LogP) is 2.67. The van der Waals surface area contributed by atoms with Crippen molar-refractivity contribution in [2.75, 3.05) is 0 Å². The van der Waals surface area contributed by atoms with E-state index in [1.807, 2.05) is 6.92 Å². The van der Waals surface area contributed by atoms with Crippen molar-refractivity contribution in [3.63, 3.8) is 0 Å². The van der Waals surface area contributed by atoms with E-state index in [1.54, 1.807) is 0 Å². The summed E-state index contributed by atoms with van der Waals surface area (Å²) in [6, 6.07) is 0. The monoisotopic (exact) mass is 220 g/mol. The maximum absolute atomic E-state index is 9.63. The van der Waals surface area contributed by atoms with Gasteiger partial charge in [-0.25, -0.2) is 4.79 Å². The maximum Gasteiger partial charge on any atom is 0.402 e. The van der Waals surface area contributed by atoms with Crippen LogP contribution in [0.2, 0.25) is 0 Å². The van der Waals surface area contributed by atoms with Crippen LogP contribution in [0.3, 0.4) is 0 Å². The molecule has 0 aliphatic rings. The van der Waals surface area contributed by atoms with Gasteiger partial charge in [0.05, 0.1) is 0 Å². The smallest absolute Gasteiger partial charge is 0.402 e. The van der Waals surface area contributed by atoms with Gasteiger partial charge >= 0.3 is 6.09 Å². The quantitative estimate of drug-likeness (QED) is 0.391. The molecule has 0 fully saturated rings. The van der Waals surface area contributed by atoms with Crippen LogP contribution >= 0.6 is 0 Å². The highest BCUT2D eigenvalue weighted by molar-refractivity contribution is 5.61. The molecule has 90 valence electrons. The van der Waals surface area contributed by atoms with E-state index in [1.165, 1.54) is 19.3 Å². The van der Waals surface area contributed by atoms with E-state index in [0.29, 0.717) is 0 Å². The second kappa shape index (κ2) is 12.7. The van der Waals surface area contributed by atoms with Crippen LogP contribution in [-0.4, -0.2) is 17.3 Å². The minimum atomic E-state index is -1.33. The Morgan fingerprint density at radius 1 is 1.47 bits per heavy atom. The molecule has 0 heterocycles. The number of carboxylic acid groups (broad SMARTS) is 1. The highest BCUT2D eigenvalue weighted by Gasteiger charge is 2.00. The molecule has 0 aliphatic carbocycles. The minimum absolute atomic E-state index is 0.00986. The largest absolute Gasteiger partial charge is 0.465 e. The summed E-state index contributed by atoms with van der Waals surface area (Å²) in [5, 5.41) is 9.58. The van der Waals surface area contributed by atoms with E-state index in [4.69, 9.17) is 9.90 Å². The second-order valence-corrected chi connectivity index (χ2v) is 3.18. The zero-order valence-electron chi connectivity index (χ0n) is 9.31. The summed E-state index contributed by atoms with van der Waals surface area (Å²) in [6.45, 7) is 4.04. The van der Waals surface area contributed by atoms with Crippen LogP contribution in [0.1, 0.15) is 46.0 Å². The van der Waals surface area contributed by atoms with Crippen molar-refractivity contribution in [1.82, 2.24) is 0 Å². The molecule has 0 radical (unpaired) electrons. The van der Waals surface area contributed by atoms with Gasteiger partial charge < -0.3 is 15.7 Å². The summed E-state index contributed by atoms with van der Waals surface area (Å²) in [6.07, 6.45) is 4.45. The molecule has 1 atom stereocenters. The molecule has 3 N–H and O–H groups in total. The minimum Gasteiger partial charge on any atom is -0.465 e. The summed E-state index contributed by atoms with van der Waals surface area (Å²) in [7, 11) is 0. The molecule has 0 aromatic carbocycles. The van der Waals surface area contributed by atoms with E-state index in [0.717, 1.165) is 12.8 Å². The molecule has 1 amide bonds. The molecule has 0 bridgehead atoms. The Morgan fingerprint density at radius 3 is 2.40 bits per heavy atom. The first-order valence-corrected chi connectivity index (χ1v) is 5.01. The van der Waals surface area contributed by atoms with Crippen LogP contribution in [0.4, 0.5) is 4.79 Å². The van der Waals surface area contributed by atoms with Crippen molar-refractivity contribution in [1.29, 1.82) is 0 Å². The van der Waals surface area contributed by atoms with Crippen LogP contribution in [-0.2, 0) is 4.84 Å². The maximum atomic E-state index is 9.63. The number of primary amides is 1. The van der Waals surface area contributed by atoms with E-state index in [2.05, 4.69) is 22.8 Å². The number of rotatable bonds is 7. The molecule has 0 aromatic rings. The van der Waals surface area contributed by atoms with Gasteiger partial charge in [-0.1, -0.05) is 26.2 Å². The number of carbonyl (C=O) groups is 1. The molecular weight excluding hydrogens is 200 g/mol. The Balaban J connectivity index is 0. The zero-order valence-corrected chi connectivity index (χ0v) is 9.31. The molecule has 15 heavy (non-hydrogen) atoms. The third-order valence-corrected chi connectivity index (χ3v) is 1.69. The molecule has 0 aliphatic heterocycles. The SMILES string of the molecule is CCCCCCC(C)ON=O.NC(=O)O. The first kappa shape index (κ1) is 16.1. The fourth-order valence-electron chi connectivity index (χ4n) is 0.985. The van der Waals surface area contributed by atoms with E-state index >= 15 is 0 Å². The van der Waals surface area contributed by atoms with Gasteiger partial charge in [0.15, 0.2) is 5.34 Å². The lowest BCUT2D eigenvalue weighted by molar-refractivity contribution is 0.0607. The third-order valence-electron chi connectivity index (χ3n) is 1.69. The fraction of sp³-hybridized carbons (Fsp3) is 0.889. The van der Waals surface area contributed by atoms with Gasteiger partial charge in [-0.3, -0.25) is 0 Å². The van der Waals surface area contributed by atoms with Crippen molar-refractivity contribution in [2.45, 2.75) is 52.1 Å². The van der Waals surface area contributed by atoms with Gasteiger partial charge in [0.2, 0.25) is 0 Å². The molecule has 1 unspecified atom stereocenters. The molecular formula is C9H20N2O4. The van der Waals surface area contributed by atoms with Gasteiger partial charge in [-0.05, 0) is 19.8 Å². The average Bonchev–Trinajstić information content (AvgIpc) is 2.12. The number of hydrogen-bond acceptors (Lipinski definition) is 4. The lowest BCUT2D eigenvalue weighted by atomic mass is 10.1. The van der Waals surface area contributed by atoms with E-state index < -0.39 is 6.09 Å². The van der Waals surface area contributed by atoms with Gasteiger partial charge in [0.25, 0.3) is 0 Å². The van der Waals surface area contributed by atoms with Crippen LogP contribution < -0.4 is 5.73 Å². The van der Waals surface area contributed by atoms with Gasteiger partial charge in [-0.15, -0.1) is 4.91 Å². The van der Waals surface area contributed by atoms with Crippen LogP contribution in [0.25, 0.3) is 0 Å². The first-order valence-electron chi connectivity index (χ1n) is 5.01. The summed E-state index contributed by atoms with van der Waals surface area (Å²) in [5.74, 6) is 0. The van der Waals surface area contributed by atoms with Crippen molar-refractivity contribution in [3.05, 3.63) is 4.91 Å². The molecule has 0 saturated heterocycles. The van der Waals surface area contributed by atoms with Crippen molar-refractivity contribution < 1.29 is 14.7 Å². The molecule has 0 saturated carbocycles. The number of amides is 1. The lowest BCUT2D eigenvalue weighted by Crippen LogP contribution is -2.03. The Labute approximate surface area is 89.7 Å². The highest BCUT2D eigenvalue weighted by atomic mass is 16.7. The second-order valence-electron chi connectivity index (χ2n) is 3.18. The van der Waals surface area contributed by atoms with Crippen LogP contribution in [0.15, 0.2) is 5.34 Å². The standard InChI is InChI=1S/C8H17NO2.CH3NO2/c1-3-4-5-6-7-8(2)11-9-10;2-1(3)4/h8H,3-7H2,1-2H3;2H2,(H,3,4). The first-order chi connectivity index (χ1) is 7.04. The average molecular weight is 220 g/mol. The van der Waals surface area contributed by atoms with E-state index in [9.17, 15) is 4.91 Å². The van der Waals surface area contributed by atoms with Crippen LogP contribution in [0, 0.1) is 4.91 Å². The zero-order chi connectivity index (χ0) is 12.1. The Hall–Kier alpha value is -1.33. The third kappa shape index (κ3) is 24.5.